The third-order valence-electron chi connectivity index (χ3n) is 3.49. The van der Waals surface area contributed by atoms with Gasteiger partial charge in [0.2, 0.25) is 0 Å². The van der Waals surface area contributed by atoms with Crippen LogP contribution in [-0.4, -0.2) is 39.0 Å². The molecule has 4 rings (SSSR count). The number of hydrogen-bond acceptors (Lipinski definition) is 6. The Morgan fingerprint density at radius 1 is 1.42 bits per heavy atom. The van der Waals surface area contributed by atoms with Gasteiger partial charge in [0.15, 0.2) is 23.2 Å². The van der Waals surface area contributed by atoms with E-state index in [9.17, 15) is 8.78 Å². The van der Waals surface area contributed by atoms with Crippen LogP contribution in [0, 0.1) is 11.6 Å². The predicted molar refractivity (Wildman–Crippen MR) is 98.5 cm³/mol. The second-order valence-electron chi connectivity index (χ2n) is 5.29. The van der Waals surface area contributed by atoms with E-state index in [0.29, 0.717) is 0 Å². The van der Waals surface area contributed by atoms with Crippen molar-refractivity contribution in [3.63, 3.8) is 0 Å². The number of halogens is 3. The van der Waals surface area contributed by atoms with Gasteiger partial charge in [-0.15, -0.1) is 0 Å². The summed E-state index contributed by atoms with van der Waals surface area (Å²) >= 11 is 6.74. The van der Waals surface area contributed by atoms with Crippen LogP contribution in [0.4, 0.5) is 14.6 Å². The molecule has 1 N–H and O–H groups in total. The second-order valence-corrected chi connectivity index (χ2v) is 6.87. The Balaban J connectivity index is 1.74. The van der Waals surface area contributed by atoms with E-state index < -0.39 is 62.1 Å². The largest absolute Gasteiger partial charge is 0.366 e. The van der Waals surface area contributed by atoms with Crippen molar-refractivity contribution in [2.75, 3.05) is 18.4 Å². The maximum atomic E-state index is 13.7. The average Bonchev–Trinajstić information content (AvgIpc) is 3.11. The minimum atomic E-state index is -2.89. The number of hydrogen-bond donors (Lipinski definition) is 1. The summed E-state index contributed by atoms with van der Waals surface area (Å²) in [5.74, 6) is -2.73. The lowest BCUT2D eigenvalue weighted by Crippen LogP contribution is -2.38. The molecule has 3 aromatic rings. The van der Waals surface area contributed by atoms with E-state index in [-0.39, 0.29) is 25.7 Å². The molecule has 1 unspecified atom stereocenters. The van der Waals surface area contributed by atoms with E-state index in [1.165, 1.54) is 0 Å². The first-order chi connectivity index (χ1) is 15.7. The Bertz CT molecular complexity index is 1250. The van der Waals surface area contributed by atoms with E-state index in [2.05, 4.69) is 15.0 Å². The van der Waals surface area contributed by atoms with Gasteiger partial charge in [0.05, 0.1) is 1.37 Å². The molecule has 0 bridgehead atoms. The molecular formula is C17H16ClF2N5S. The highest BCUT2D eigenvalue weighted by molar-refractivity contribution is 7.22. The molecule has 5 nitrogen and oxygen atoms in total. The number of likely N-dealkylation sites (tertiary alicyclic amines) is 1. The zero-order valence-corrected chi connectivity index (χ0v) is 14.6. The summed E-state index contributed by atoms with van der Waals surface area (Å²) in [7, 11) is 0. The Hall–Kier alpha value is -1.90. The monoisotopic (exact) mass is 403 g/mol. The van der Waals surface area contributed by atoms with Gasteiger partial charge in [-0.1, -0.05) is 29.0 Å². The molecule has 26 heavy (non-hydrogen) atoms. The first-order valence-electron chi connectivity index (χ1n) is 11.4. The molecule has 2 aromatic heterocycles. The van der Waals surface area contributed by atoms with Crippen molar-refractivity contribution in [1.29, 1.82) is 0 Å². The van der Waals surface area contributed by atoms with Crippen LogP contribution in [0.1, 0.15) is 27.9 Å². The van der Waals surface area contributed by atoms with Crippen LogP contribution < -0.4 is 5.31 Å². The molecule has 136 valence electrons. The molecule has 0 amide bonds. The number of nitrogens with one attached hydrogen (secondary N) is 1. The highest BCUT2D eigenvalue weighted by atomic mass is 35.5. The lowest BCUT2D eigenvalue weighted by Gasteiger charge is -2.32. The molecular weight excluding hydrogens is 380 g/mol. The fourth-order valence-electron chi connectivity index (χ4n) is 2.31. The molecule has 1 saturated heterocycles. The van der Waals surface area contributed by atoms with Crippen molar-refractivity contribution in [1.82, 2.24) is 19.9 Å². The summed E-state index contributed by atoms with van der Waals surface area (Å²) in [6, 6.07) is -0.160. The summed E-state index contributed by atoms with van der Waals surface area (Å²) in [5.41, 5.74) is -0.0738. The van der Waals surface area contributed by atoms with Crippen molar-refractivity contribution < 1.29 is 19.8 Å². The van der Waals surface area contributed by atoms with Gasteiger partial charge in [0, 0.05) is 32.5 Å². The van der Waals surface area contributed by atoms with E-state index in [4.69, 9.17) is 22.6 Å². The van der Waals surface area contributed by atoms with Gasteiger partial charge in [-0.3, -0.25) is 4.90 Å². The normalized spacial score (nSPS) is 27.0. The Morgan fingerprint density at radius 2 is 2.23 bits per heavy atom. The van der Waals surface area contributed by atoms with Crippen LogP contribution in [0.3, 0.4) is 0 Å². The molecule has 1 aromatic carbocycles. The zero-order valence-electron chi connectivity index (χ0n) is 21.0. The maximum absolute atomic E-state index is 13.7. The number of thiazole rings is 1. The van der Waals surface area contributed by atoms with Crippen molar-refractivity contribution in [2.24, 2.45) is 0 Å². The second kappa shape index (κ2) is 7.38. The fourth-order valence-corrected chi connectivity index (χ4v) is 3.28. The van der Waals surface area contributed by atoms with Gasteiger partial charge in [0.1, 0.15) is 18.2 Å². The van der Waals surface area contributed by atoms with Gasteiger partial charge in [-0.25, -0.2) is 23.7 Å². The Labute approximate surface area is 169 Å². The molecule has 0 saturated carbocycles. The van der Waals surface area contributed by atoms with Crippen LogP contribution >= 0.6 is 22.9 Å². The molecule has 1 fully saturated rings. The van der Waals surface area contributed by atoms with Crippen molar-refractivity contribution in [3.05, 3.63) is 46.2 Å². The number of rotatable bonds is 4. The first-order valence-corrected chi connectivity index (χ1v) is 8.58. The van der Waals surface area contributed by atoms with Gasteiger partial charge < -0.3 is 5.31 Å². The molecule has 0 spiro atoms. The van der Waals surface area contributed by atoms with Crippen LogP contribution in [0.15, 0.2) is 24.5 Å². The Morgan fingerprint density at radius 3 is 3.00 bits per heavy atom. The summed E-state index contributed by atoms with van der Waals surface area (Å²) in [6.07, 6.45) is -6.13. The lowest BCUT2D eigenvalue weighted by molar-refractivity contribution is 0.211. The standard InChI is InChI=1S/C17H16ClF2N5S/c18-17-24-16-14(26-17)15(21-9-22-16)23-11-3-5-25(6-4-11)8-10-1-2-12(19)13(20)7-10/h1-2,7,9,11H,3-6,8H2,(H,21,22,23)/i3D2,4D2,8D,9D,11D/hD. The average molecular weight is 404 g/mol. The highest BCUT2D eigenvalue weighted by Crippen LogP contribution is 2.30. The zero-order chi connectivity index (χ0) is 25.2. The molecule has 3 heterocycles. The van der Waals surface area contributed by atoms with E-state index in [0.717, 1.165) is 34.4 Å². The van der Waals surface area contributed by atoms with Crippen LogP contribution in [0.5, 0.6) is 0 Å². The molecule has 1 aliphatic rings. The van der Waals surface area contributed by atoms with E-state index >= 15 is 0 Å². The number of nitrogens with zero attached hydrogens (tertiary/aromatic N) is 4. The first kappa shape index (κ1) is 10.4. The lowest BCUT2D eigenvalue weighted by atomic mass is 10.0. The smallest absolute Gasteiger partial charge is 0.186 e. The predicted octanol–water partition coefficient (Wildman–Crippen LogP) is 4.09. The number of aromatic nitrogens is 3. The van der Waals surface area contributed by atoms with Gasteiger partial charge in [0.25, 0.3) is 0 Å². The van der Waals surface area contributed by atoms with E-state index in [1.807, 2.05) is 0 Å². The van der Waals surface area contributed by atoms with Crippen LogP contribution in [0.2, 0.25) is 5.88 Å². The van der Waals surface area contributed by atoms with Gasteiger partial charge >= 0.3 is 0 Å². The maximum Gasteiger partial charge on any atom is 0.186 e. The molecule has 1 aliphatic heterocycles. The SMILES string of the molecule is [2H]c1nc(N([2H])C2([2H])C([2H])([2H])CN(C([2H])c3ccc(F)c(F)c3)CC2([2H])[2H])c2sc(Cl)nc2n1. The molecule has 0 aliphatic carbocycles. The van der Waals surface area contributed by atoms with Gasteiger partial charge in [-0.05, 0) is 30.4 Å². The minimum absolute atomic E-state index is 0.00741. The van der Waals surface area contributed by atoms with Crippen LogP contribution in [0.25, 0.3) is 10.3 Å². The fraction of sp³-hybridized carbons (Fsp3) is 0.353. The highest BCUT2D eigenvalue weighted by Gasteiger charge is 2.21. The minimum Gasteiger partial charge on any atom is -0.366 e. The number of fused-ring (bicyclic) bond motifs is 1. The Kier molecular flexibility index (Phi) is 2.96. The summed E-state index contributed by atoms with van der Waals surface area (Å²) in [4.78, 5) is 12.5. The summed E-state index contributed by atoms with van der Waals surface area (Å²) in [6.45, 7) is -2.82. The summed E-state index contributed by atoms with van der Waals surface area (Å²) < 4.78 is 94.7. The van der Waals surface area contributed by atoms with Gasteiger partial charge in [-0.2, -0.15) is 0 Å². The molecule has 0 radical (unpaired) electrons. The molecule has 9 heteroatoms. The van der Waals surface area contributed by atoms with E-state index in [1.54, 1.807) is 0 Å². The summed E-state index contributed by atoms with van der Waals surface area (Å²) in [5, 5.41) is 0.261. The number of anilines is 1. The third-order valence-corrected chi connectivity index (χ3v) is 4.64. The molecule has 1 atom stereocenters. The van der Waals surface area contributed by atoms with Crippen molar-refractivity contribution >= 4 is 39.1 Å². The topological polar surface area (TPSA) is 53.9 Å². The van der Waals surface area contributed by atoms with Crippen molar-refractivity contribution in [2.45, 2.75) is 25.3 Å². The third kappa shape index (κ3) is 3.77. The quantitative estimate of drug-likeness (QED) is 0.710. The van der Waals surface area contributed by atoms with Crippen LogP contribution in [-0.2, 0) is 6.52 Å². The number of piperidine rings is 1. The van der Waals surface area contributed by atoms with Crippen molar-refractivity contribution in [3.8, 4) is 0 Å². The number of benzene rings is 1.